The lowest BCUT2D eigenvalue weighted by atomic mass is 10.2. The van der Waals surface area contributed by atoms with E-state index in [9.17, 15) is 10.1 Å². The van der Waals surface area contributed by atoms with Gasteiger partial charge in [0.25, 0.3) is 5.69 Å². The zero-order valence-corrected chi connectivity index (χ0v) is 11.8. The van der Waals surface area contributed by atoms with E-state index >= 15 is 0 Å². The Bertz CT molecular complexity index is 628. The van der Waals surface area contributed by atoms with E-state index in [2.05, 4.69) is 10.1 Å². The molecule has 8 heteroatoms. The molecule has 2 aromatic rings. The Labute approximate surface area is 121 Å². The van der Waals surface area contributed by atoms with E-state index in [0.717, 1.165) is 0 Å². The summed E-state index contributed by atoms with van der Waals surface area (Å²) in [7, 11) is 1.83. The Hall–Kier alpha value is -2.32. The van der Waals surface area contributed by atoms with Crippen LogP contribution >= 0.6 is 0 Å². The van der Waals surface area contributed by atoms with Crippen LogP contribution in [0.5, 0.6) is 0 Å². The van der Waals surface area contributed by atoms with Crippen LogP contribution in [-0.2, 0) is 6.54 Å². The molecule has 0 radical (unpaired) electrons. The van der Waals surface area contributed by atoms with Crippen LogP contribution in [0.15, 0.2) is 28.8 Å². The summed E-state index contributed by atoms with van der Waals surface area (Å²) in [5.74, 6) is 0.693. The van der Waals surface area contributed by atoms with Gasteiger partial charge < -0.3 is 9.63 Å². The van der Waals surface area contributed by atoms with Crippen molar-refractivity contribution in [3.8, 4) is 11.4 Å². The second-order valence-electron chi connectivity index (χ2n) is 4.77. The van der Waals surface area contributed by atoms with Crippen molar-refractivity contribution in [3.05, 3.63) is 40.3 Å². The summed E-state index contributed by atoms with van der Waals surface area (Å²) >= 11 is 0. The van der Waals surface area contributed by atoms with Gasteiger partial charge in [-0.25, -0.2) is 0 Å². The summed E-state index contributed by atoms with van der Waals surface area (Å²) in [6, 6.07) is 6.03. The molecule has 0 amide bonds. The fourth-order valence-electron chi connectivity index (χ4n) is 1.70. The van der Waals surface area contributed by atoms with Crippen LogP contribution in [0.25, 0.3) is 11.4 Å². The summed E-state index contributed by atoms with van der Waals surface area (Å²) in [6.07, 6.45) is 0. The third-order valence-electron chi connectivity index (χ3n) is 3.18. The summed E-state index contributed by atoms with van der Waals surface area (Å²) in [6.45, 7) is 2.30. The maximum atomic E-state index is 10.8. The molecule has 1 atom stereocenters. The number of nitrogens with zero attached hydrogens (tertiary/aromatic N) is 4. The minimum absolute atomic E-state index is 0.0233. The molecule has 8 nitrogen and oxygen atoms in total. The number of hydrogen-bond donors (Lipinski definition) is 1. The summed E-state index contributed by atoms with van der Waals surface area (Å²) in [5, 5.41) is 23.7. The molecule has 0 aliphatic heterocycles. The first-order chi connectivity index (χ1) is 10.0. The van der Waals surface area contributed by atoms with E-state index in [1.54, 1.807) is 12.1 Å². The highest BCUT2D eigenvalue weighted by Crippen LogP contribution is 2.21. The van der Waals surface area contributed by atoms with Crippen molar-refractivity contribution in [1.29, 1.82) is 0 Å². The maximum Gasteiger partial charge on any atom is 0.270 e. The molecule has 0 aliphatic carbocycles. The normalized spacial score (nSPS) is 12.6. The largest absolute Gasteiger partial charge is 0.395 e. The molecule has 1 aromatic heterocycles. The average Bonchev–Trinajstić information content (AvgIpc) is 2.95. The van der Waals surface area contributed by atoms with Gasteiger partial charge in [0.2, 0.25) is 11.7 Å². The number of aliphatic hydroxyl groups is 1. The van der Waals surface area contributed by atoms with E-state index in [4.69, 9.17) is 9.63 Å². The second kappa shape index (κ2) is 6.42. The van der Waals surface area contributed by atoms with Crippen molar-refractivity contribution < 1.29 is 14.6 Å². The van der Waals surface area contributed by atoms with Crippen LogP contribution in [-0.4, -0.2) is 44.8 Å². The van der Waals surface area contributed by atoms with Crippen molar-refractivity contribution in [3.63, 3.8) is 0 Å². The van der Waals surface area contributed by atoms with Gasteiger partial charge in [0.15, 0.2) is 0 Å². The number of aliphatic hydroxyl groups excluding tert-OH is 1. The molecule has 0 saturated heterocycles. The zero-order valence-electron chi connectivity index (χ0n) is 11.8. The Morgan fingerprint density at radius 3 is 2.95 bits per heavy atom. The monoisotopic (exact) mass is 292 g/mol. The number of nitro groups is 1. The van der Waals surface area contributed by atoms with Gasteiger partial charge in [0.1, 0.15) is 0 Å². The van der Waals surface area contributed by atoms with Gasteiger partial charge in [-0.3, -0.25) is 15.0 Å². The minimum Gasteiger partial charge on any atom is -0.395 e. The molecule has 1 heterocycles. The van der Waals surface area contributed by atoms with E-state index in [1.807, 2.05) is 18.9 Å². The number of rotatable bonds is 6. The second-order valence-corrected chi connectivity index (χ2v) is 4.77. The van der Waals surface area contributed by atoms with E-state index < -0.39 is 4.92 Å². The molecule has 112 valence electrons. The third kappa shape index (κ3) is 3.61. The minimum atomic E-state index is -0.471. The van der Waals surface area contributed by atoms with Crippen LogP contribution in [0.3, 0.4) is 0 Å². The standard InChI is InChI=1S/C13H16N4O4/c1-9(8-18)16(2)7-12-14-13(15-21-12)10-4-3-5-11(6-10)17(19)20/h3-6,9,18H,7-8H2,1-2H3. The fourth-order valence-corrected chi connectivity index (χ4v) is 1.70. The van der Waals surface area contributed by atoms with Crippen molar-refractivity contribution in [2.24, 2.45) is 0 Å². The molecule has 1 N–H and O–H groups in total. The molecule has 1 unspecified atom stereocenters. The van der Waals surface area contributed by atoms with E-state index in [0.29, 0.717) is 23.8 Å². The molecular weight excluding hydrogens is 276 g/mol. The van der Waals surface area contributed by atoms with Crippen molar-refractivity contribution in [1.82, 2.24) is 15.0 Å². The van der Waals surface area contributed by atoms with Crippen LogP contribution in [0.1, 0.15) is 12.8 Å². The number of likely N-dealkylation sites (N-methyl/N-ethyl adjacent to an activating group) is 1. The summed E-state index contributed by atoms with van der Waals surface area (Å²) in [5.41, 5.74) is 0.502. The van der Waals surface area contributed by atoms with Crippen molar-refractivity contribution in [2.75, 3.05) is 13.7 Å². The average molecular weight is 292 g/mol. The van der Waals surface area contributed by atoms with E-state index in [1.165, 1.54) is 12.1 Å². The van der Waals surface area contributed by atoms with Gasteiger partial charge >= 0.3 is 0 Å². The first-order valence-corrected chi connectivity index (χ1v) is 6.39. The molecule has 0 saturated carbocycles. The highest BCUT2D eigenvalue weighted by atomic mass is 16.6. The summed E-state index contributed by atoms with van der Waals surface area (Å²) < 4.78 is 5.13. The molecule has 21 heavy (non-hydrogen) atoms. The predicted octanol–water partition coefficient (Wildman–Crippen LogP) is 1.46. The number of non-ortho nitro benzene ring substituents is 1. The molecule has 0 aliphatic rings. The lowest BCUT2D eigenvalue weighted by Gasteiger charge is -2.20. The highest BCUT2D eigenvalue weighted by Gasteiger charge is 2.15. The smallest absolute Gasteiger partial charge is 0.270 e. The molecule has 0 bridgehead atoms. The SMILES string of the molecule is CC(CO)N(C)Cc1nc(-c2cccc([N+](=O)[O-])c2)no1. The molecule has 2 rings (SSSR count). The van der Waals surface area contributed by atoms with E-state index in [-0.39, 0.29) is 18.3 Å². The van der Waals surface area contributed by atoms with Gasteiger partial charge in [-0.05, 0) is 14.0 Å². The highest BCUT2D eigenvalue weighted by molar-refractivity contribution is 5.58. The zero-order chi connectivity index (χ0) is 15.4. The van der Waals surface area contributed by atoms with Crippen LogP contribution < -0.4 is 0 Å². The fraction of sp³-hybridized carbons (Fsp3) is 0.385. The predicted molar refractivity (Wildman–Crippen MR) is 74.4 cm³/mol. The number of benzene rings is 1. The van der Waals surface area contributed by atoms with Crippen molar-refractivity contribution in [2.45, 2.75) is 19.5 Å². The van der Waals surface area contributed by atoms with Crippen LogP contribution in [0.4, 0.5) is 5.69 Å². The maximum absolute atomic E-state index is 10.8. The number of nitro benzene ring substituents is 1. The Morgan fingerprint density at radius 1 is 1.52 bits per heavy atom. The number of hydrogen-bond acceptors (Lipinski definition) is 7. The van der Waals surface area contributed by atoms with Gasteiger partial charge in [0, 0.05) is 23.7 Å². The third-order valence-corrected chi connectivity index (χ3v) is 3.18. The Balaban J connectivity index is 2.16. The lowest BCUT2D eigenvalue weighted by molar-refractivity contribution is -0.384. The Morgan fingerprint density at radius 2 is 2.29 bits per heavy atom. The Kier molecular flexibility index (Phi) is 4.61. The molecular formula is C13H16N4O4. The first kappa shape index (κ1) is 15.1. The topological polar surface area (TPSA) is 106 Å². The van der Waals surface area contributed by atoms with Gasteiger partial charge in [-0.1, -0.05) is 17.3 Å². The van der Waals surface area contributed by atoms with Gasteiger partial charge in [-0.15, -0.1) is 0 Å². The number of aromatic nitrogens is 2. The van der Waals surface area contributed by atoms with Crippen LogP contribution in [0, 0.1) is 10.1 Å². The molecule has 1 aromatic carbocycles. The summed E-state index contributed by atoms with van der Waals surface area (Å²) in [4.78, 5) is 16.4. The first-order valence-electron chi connectivity index (χ1n) is 6.39. The van der Waals surface area contributed by atoms with Gasteiger partial charge in [0.05, 0.1) is 18.1 Å². The van der Waals surface area contributed by atoms with Gasteiger partial charge in [-0.2, -0.15) is 4.98 Å². The van der Waals surface area contributed by atoms with Crippen molar-refractivity contribution >= 4 is 5.69 Å². The molecule has 0 spiro atoms. The quantitative estimate of drug-likeness (QED) is 0.634. The molecule has 0 fully saturated rings. The lowest BCUT2D eigenvalue weighted by Crippen LogP contribution is -2.31. The van der Waals surface area contributed by atoms with Crippen LogP contribution in [0.2, 0.25) is 0 Å².